The lowest BCUT2D eigenvalue weighted by atomic mass is 9.97. The van der Waals surface area contributed by atoms with Gasteiger partial charge in [0.2, 0.25) is 0 Å². The van der Waals surface area contributed by atoms with Crippen LogP contribution in [-0.2, 0) is 33.3 Å². The van der Waals surface area contributed by atoms with Gasteiger partial charge in [-0.1, -0.05) is 41.5 Å². The topological polar surface area (TPSA) is 149 Å². The molecule has 1 saturated heterocycles. The minimum absolute atomic E-state index is 0.00128. The maximum absolute atomic E-state index is 12.6. The first-order valence-corrected chi connectivity index (χ1v) is 10.9. The van der Waals surface area contributed by atoms with E-state index in [-0.39, 0.29) is 12.4 Å². The lowest BCUT2D eigenvalue weighted by Gasteiger charge is -2.31. The van der Waals surface area contributed by atoms with Crippen molar-refractivity contribution >= 4 is 23.7 Å². The lowest BCUT2D eigenvalue weighted by Crippen LogP contribution is -2.49. The molecule has 0 aliphatic carbocycles. The molecule has 11 heteroatoms. The van der Waals surface area contributed by atoms with Crippen molar-refractivity contribution < 1.29 is 33.3 Å². The van der Waals surface area contributed by atoms with Gasteiger partial charge in [-0.05, 0) is 13.0 Å². The molecule has 184 valence electrons. The van der Waals surface area contributed by atoms with E-state index in [1.165, 1.54) is 12.3 Å². The van der Waals surface area contributed by atoms with E-state index in [1.54, 1.807) is 48.5 Å². The molecule has 4 atom stereocenters. The highest BCUT2D eigenvalue weighted by molar-refractivity contribution is 5.73. The first-order valence-electron chi connectivity index (χ1n) is 10.9. The highest BCUT2D eigenvalue weighted by Gasteiger charge is 2.58. The van der Waals surface area contributed by atoms with Gasteiger partial charge in [0.15, 0.2) is 18.4 Å². The Hall–Kier alpha value is -2.95. The van der Waals surface area contributed by atoms with E-state index >= 15 is 0 Å². The van der Waals surface area contributed by atoms with Crippen LogP contribution in [0, 0.1) is 17.8 Å². The van der Waals surface area contributed by atoms with Crippen LogP contribution in [0.3, 0.4) is 0 Å². The molecular formula is C22H33N3O8. The largest absolute Gasteiger partial charge is 0.462 e. The van der Waals surface area contributed by atoms with Crippen molar-refractivity contribution in [2.45, 2.75) is 72.5 Å². The molecule has 0 saturated carbocycles. The van der Waals surface area contributed by atoms with Crippen molar-refractivity contribution in [2.75, 3.05) is 12.3 Å². The Balaban J connectivity index is 2.54. The summed E-state index contributed by atoms with van der Waals surface area (Å²) in [5, 5.41) is 0. The molecule has 2 N–H and O–H groups in total. The Morgan fingerprint density at radius 3 is 2.12 bits per heavy atom. The van der Waals surface area contributed by atoms with Crippen molar-refractivity contribution in [2.24, 2.45) is 17.8 Å². The monoisotopic (exact) mass is 467 g/mol. The molecule has 0 spiro atoms. The van der Waals surface area contributed by atoms with Gasteiger partial charge >= 0.3 is 23.6 Å². The predicted octanol–water partition coefficient (Wildman–Crippen LogP) is 1.45. The molecule has 0 bridgehead atoms. The Morgan fingerprint density at radius 1 is 1.06 bits per heavy atom. The number of hydrogen-bond acceptors (Lipinski definition) is 10. The standard InChI is InChI=1S/C22H33N3O8/c1-11(2)18(26)30-10-22(7)16(32-20(28)13(5)6)15(31-19(27)12(3)4)17(33-22)25-9-8-14(23)24-21(25)29/h8-9,11-13,15-17H,10H2,1-7H3,(H2,23,24,29). The number of anilines is 1. The fourth-order valence-corrected chi connectivity index (χ4v) is 3.08. The van der Waals surface area contributed by atoms with Crippen LogP contribution in [-0.4, -0.2) is 51.9 Å². The summed E-state index contributed by atoms with van der Waals surface area (Å²) in [7, 11) is 0. The van der Waals surface area contributed by atoms with Gasteiger partial charge in [0.1, 0.15) is 18.0 Å². The molecule has 2 heterocycles. The van der Waals surface area contributed by atoms with E-state index in [0.717, 1.165) is 4.57 Å². The number of hydrogen-bond donors (Lipinski definition) is 1. The summed E-state index contributed by atoms with van der Waals surface area (Å²) in [6.07, 6.45) is -2.25. The Morgan fingerprint density at radius 2 is 1.61 bits per heavy atom. The average molecular weight is 468 g/mol. The van der Waals surface area contributed by atoms with E-state index < -0.39 is 65.4 Å². The summed E-state index contributed by atoms with van der Waals surface area (Å²) in [5.74, 6) is -3.03. The second-order valence-electron chi connectivity index (χ2n) is 9.19. The smallest absolute Gasteiger partial charge is 0.351 e. The highest BCUT2D eigenvalue weighted by Crippen LogP contribution is 2.41. The predicted molar refractivity (Wildman–Crippen MR) is 117 cm³/mol. The van der Waals surface area contributed by atoms with Crippen LogP contribution < -0.4 is 11.4 Å². The van der Waals surface area contributed by atoms with Gasteiger partial charge in [0.25, 0.3) is 0 Å². The number of nitrogen functional groups attached to an aromatic ring is 1. The van der Waals surface area contributed by atoms with E-state index in [4.69, 9.17) is 24.7 Å². The molecule has 11 nitrogen and oxygen atoms in total. The third-order valence-electron chi connectivity index (χ3n) is 5.11. The zero-order valence-electron chi connectivity index (χ0n) is 20.1. The molecular weight excluding hydrogens is 434 g/mol. The van der Waals surface area contributed by atoms with Crippen LogP contribution >= 0.6 is 0 Å². The molecule has 1 aromatic heterocycles. The first-order chi connectivity index (χ1) is 15.3. The minimum Gasteiger partial charge on any atom is -0.462 e. The number of carbonyl (C=O) groups is 3. The van der Waals surface area contributed by atoms with E-state index in [2.05, 4.69) is 4.98 Å². The van der Waals surface area contributed by atoms with Gasteiger partial charge in [-0.2, -0.15) is 4.98 Å². The van der Waals surface area contributed by atoms with Crippen molar-refractivity contribution in [1.29, 1.82) is 0 Å². The molecule has 1 aromatic rings. The third kappa shape index (κ3) is 6.10. The average Bonchev–Trinajstić information content (AvgIpc) is 2.97. The van der Waals surface area contributed by atoms with Gasteiger partial charge in [0, 0.05) is 6.20 Å². The Labute approximate surface area is 192 Å². The third-order valence-corrected chi connectivity index (χ3v) is 5.11. The van der Waals surface area contributed by atoms with Crippen LogP contribution in [0.5, 0.6) is 0 Å². The van der Waals surface area contributed by atoms with Gasteiger partial charge < -0.3 is 24.7 Å². The normalized spacial score (nSPS) is 24.8. The number of esters is 3. The number of carbonyl (C=O) groups excluding carboxylic acids is 3. The summed E-state index contributed by atoms with van der Waals surface area (Å²) in [6.45, 7) is 11.2. The van der Waals surface area contributed by atoms with Gasteiger partial charge in [-0.15, -0.1) is 0 Å². The van der Waals surface area contributed by atoms with E-state index in [9.17, 15) is 19.2 Å². The molecule has 0 radical (unpaired) electrons. The number of nitrogens with zero attached hydrogens (tertiary/aromatic N) is 2. The molecule has 0 amide bonds. The second-order valence-corrected chi connectivity index (χ2v) is 9.19. The molecule has 1 fully saturated rings. The van der Waals surface area contributed by atoms with Crippen LogP contribution in [0.15, 0.2) is 17.1 Å². The Kier molecular flexibility index (Phi) is 8.23. The molecule has 4 unspecified atom stereocenters. The zero-order chi connectivity index (χ0) is 25.1. The summed E-state index contributed by atoms with van der Waals surface area (Å²) in [4.78, 5) is 53.4. The molecule has 2 rings (SSSR count). The minimum atomic E-state index is -1.43. The Bertz CT molecular complexity index is 942. The first kappa shape index (κ1) is 26.3. The van der Waals surface area contributed by atoms with Crippen LogP contribution in [0.2, 0.25) is 0 Å². The van der Waals surface area contributed by atoms with Crippen molar-refractivity contribution in [3.8, 4) is 0 Å². The van der Waals surface area contributed by atoms with Crippen LogP contribution in [0.1, 0.15) is 54.7 Å². The fourth-order valence-electron chi connectivity index (χ4n) is 3.08. The van der Waals surface area contributed by atoms with E-state index in [0.29, 0.717) is 0 Å². The lowest BCUT2D eigenvalue weighted by molar-refractivity contribution is -0.181. The van der Waals surface area contributed by atoms with Crippen molar-refractivity contribution in [3.05, 3.63) is 22.7 Å². The fraction of sp³-hybridized carbons (Fsp3) is 0.682. The summed E-state index contributed by atoms with van der Waals surface area (Å²) < 4.78 is 24.0. The molecule has 1 aliphatic rings. The zero-order valence-corrected chi connectivity index (χ0v) is 20.1. The maximum atomic E-state index is 12.6. The SMILES string of the molecule is CC(C)C(=O)OCC1(C)OC(n2ccc(N)nc2=O)C(OC(=O)C(C)C)C1OC(=O)C(C)C. The maximum Gasteiger partial charge on any atom is 0.351 e. The van der Waals surface area contributed by atoms with Gasteiger partial charge in [0.05, 0.1) is 17.8 Å². The van der Waals surface area contributed by atoms with Crippen LogP contribution in [0.25, 0.3) is 0 Å². The second kappa shape index (κ2) is 10.3. The molecule has 0 aromatic carbocycles. The van der Waals surface area contributed by atoms with Crippen molar-refractivity contribution in [3.63, 3.8) is 0 Å². The van der Waals surface area contributed by atoms with Gasteiger partial charge in [-0.3, -0.25) is 19.0 Å². The van der Waals surface area contributed by atoms with Crippen molar-refractivity contribution in [1.82, 2.24) is 9.55 Å². The van der Waals surface area contributed by atoms with Gasteiger partial charge in [-0.25, -0.2) is 4.79 Å². The summed E-state index contributed by atoms with van der Waals surface area (Å²) in [5.41, 5.74) is 3.42. The number of rotatable bonds is 8. The van der Waals surface area contributed by atoms with E-state index in [1.807, 2.05) is 0 Å². The quantitative estimate of drug-likeness (QED) is 0.439. The number of nitrogens with two attached hydrogens (primary N) is 1. The summed E-state index contributed by atoms with van der Waals surface area (Å²) >= 11 is 0. The summed E-state index contributed by atoms with van der Waals surface area (Å²) in [6, 6.07) is 1.38. The molecule has 33 heavy (non-hydrogen) atoms. The number of ether oxygens (including phenoxy) is 4. The number of aromatic nitrogens is 2. The molecule has 1 aliphatic heterocycles. The highest BCUT2D eigenvalue weighted by atomic mass is 16.7. The van der Waals surface area contributed by atoms with Crippen LogP contribution in [0.4, 0.5) is 5.82 Å².